The summed E-state index contributed by atoms with van der Waals surface area (Å²) in [5, 5.41) is 0. The van der Waals surface area contributed by atoms with Gasteiger partial charge in [0.15, 0.2) is 0 Å². The summed E-state index contributed by atoms with van der Waals surface area (Å²) in [5.74, 6) is 5.77. The van der Waals surface area contributed by atoms with Crippen LogP contribution >= 0.6 is 15.9 Å². The molecule has 0 fully saturated rings. The van der Waals surface area contributed by atoms with E-state index in [0.29, 0.717) is 0 Å². The maximum absolute atomic E-state index is 5.77. The molecule has 0 spiro atoms. The van der Waals surface area contributed by atoms with Crippen LogP contribution in [0.3, 0.4) is 0 Å². The summed E-state index contributed by atoms with van der Waals surface area (Å²) in [5.41, 5.74) is 9.23. The van der Waals surface area contributed by atoms with E-state index in [2.05, 4.69) is 78.5 Å². The van der Waals surface area contributed by atoms with Crippen LogP contribution in [-0.4, -0.2) is 0 Å². The number of aryl methyl sites for hydroxylation is 3. The van der Waals surface area contributed by atoms with Crippen LogP contribution in [0.2, 0.25) is 0 Å². The molecule has 3 heteroatoms. The third kappa shape index (κ3) is 3.48. The summed E-state index contributed by atoms with van der Waals surface area (Å²) < 4.78 is 1.17. The molecule has 2 nitrogen and oxygen atoms in total. The molecule has 0 amide bonds. The SMILES string of the molecule is Cc1cccc(CC(NN)c2cc(C)c(Br)c(C)c2)c1. The van der Waals surface area contributed by atoms with Gasteiger partial charge in [-0.15, -0.1) is 0 Å². The average molecular weight is 333 g/mol. The quantitative estimate of drug-likeness (QED) is 0.652. The van der Waals surface area contributed by atoms with Gasteiger partial charge in [0, 0.05) is 10.5 Å². The maximum Gasteiger partial charge on any atom is 0.0500 e. The fourth-order valence-electron chi connectivity index (χ4n) is 2.53. The van der Waals surface area contributed by atoms with Crippen molar-refractivity contribution in [3.8, 4) is 0 Å². The van der Waals surface area contributed by atoms with E-state index in [1.807, 2.05) is 0 Å². The first-order valence-electron chi connectivity index (χ1n) is 6.79. The van der Waals surface area contributed by atoms with E-state index >= 15 is 0 Å². The van der Waals surface area contributed by atoms with Gasteiger partial charge in [-0.25, -0.2) is 0 Å². The molecule has 20 heavy (non-hydrogen) atoms. The summed E-state index contributed by atoms with van der Waals surface area (Å²) >= 11 is 3.61. The molecular formula is C17H21BrN2. The van der Waals surface area contributed by atoms with Crippen molar-refractivity contribution in [2.75, 3.05) is 0 Å². The van der Waals surface area contributed by atoms with E-state index in [1.165, 1.54) is 32.3 Å². The number of nitrogens with one attached hydrogen (secondary N) is 1. The largest absolute Gasteiger partial charge is 0.271 e. The Morgan fingerprint density at radius 1 is 1.10 bits per heavy atom. The molecule has 0 bridgehead atoms. The first-order valence-corrected chi connectivity index (χ1v) is 7.59. The van der Waals surface area contributed by atoms with Crippen LogP contribution in [-0.2, 0) is 6.42 Å². The van der Waals surface area contributed by atoms with Crippen molar-refractivity contribution in [1.82, 2.24) is 5.43 Å². The zero-order valence-electron chi connectivity index (χ0n) is 12.2. The molecule has 1 unspecified atom stereocenters. The van der Waals surface area contributed by atoms with Gasteiger partial charge in [0.05, 0.1) is 0 Å². The number of hydrogen-bond donors (Lipinski definition) is 2. The molecule has 0 aliphatic heterocycles. The van der Waals surface area contributed by atoms with E-state index in [9.17, 15) is 0 Å². The van der Waals surface area contributed by atoms with Crippen molar-refractivity contribution < 1.29 is 0 Å². The van der Waals surface area contributed by atoms with Gasteiger partial charge in [-0.1, -0.05) is 57.9 Å². The summed E-state index contributed by atoms with van der Waals surface area (Å²) in [6.07, 6.45) is 0.888. The molecule has 0 aliphatic rings. The highest BCUT2D eigenvalue weighted by molar-refractivity contribution is 9.10. The third-order valence-corrected chi connectivity index (χ3v) is 4.84. The summed E-state index contributed by atoms with van der Waals surface area (Å²) in [4.78, 5) is 0. The normalized spacial score (nSPS) is 12.4. The molecule has 0 radical (unpaired) electrons. The van der Waals surface area contributed by atoms with Crippen molar-refractivity contribution in [2.24, 2.45) is 5.84 Å². The second-order valence-electron chi connectivity index (χ2n) is 5.38. The molecule has 0 aliphatic carbocycles. The lowest BCUT2D eigenvalue weighted by Gasteiger charge is -2.19. The zero-order valence-corrected chi connectivity index (χ0v) is 13.8. The number of rotatable bonds is 4. The highest BCUT2D eigenvalue weighted by atomic mass is 79.9. The first kappa shape index (κ1) is 15.2. The van der Waals surface area contributed by atoms with E-state index in [1.54, 1.807) is 0 Å². The van der Waals surface area contributed by atoms with Gasteiger partial charge in [0.25, 0.3) is 0 Å². The number of nitrogens with two attached hydrogens (primary N) is 1. The predicted octanol–water partition coefficient (Wildman–Crippen LogP) is 4.12. The van der Waals surface area contributed by atoms with Crippen LogP contribution in [0.5, 0.6) is 0 Å². The Labute approximate surface area is 129 Å². The van der Waals surface area contributed by atoms with Crippen molar-refractivity contribution >= 4 is 15.9 Å². The van der Waals surface area contributed by atoms with E-state index in [-0.39, 0.29) is 6.04 Å². The van der Waals surface area contributed by atoms with E-state index < -0.39 is 0 Å². The average Bonchev–Trinajstić information content (AvgIpc) is 2.41. The molecular weight excluding hydrogens is 312 g/mol. The molecule has 0 heterocycles. The van der Waals surface area contributed by atoms with Crippen molar-refractivity contribution in [3.63, 3.8) is 0 Å². The standard InChI is InChI=1S/C17H21BrN2/c1-11-5-4-6-14(7-11)10-16(20-19)15-8-12(2)17(18)13(3)9-15/h4-9,16,20H,10,19H2,1-3H3. The van der Waals surface area contributed by atoms with Gasteiger partial charge in [0.1, 0.15) is 0 Å². The molecule has 0 saturated heterocycles. The van der Waals surface area contributed by atoms with Gasteiger partial charge in [-0.3, -0.25) is 11.3 Å². The van der Waals surface area contributed by atoms with Crippen LogP contribution in [0.1, 0.15) is 33.9 Å². The molecule has 106 valence electrons. The van der Waals surface area contributed by atoms with Crippen LogP contribution in [0.4, 0.5) is 0 Å². The second kappa shape index (κ2) is 6.53. The van der Waals surface area contributed by atoms with Gasteiger partial charge < -0.3 is 0 Å². The number of benzene rings is 2. The van der Waals surface area contributed by atoms with Crippen molar-refractivity contribution in [2.45, 2.75) is 33.2 Å². The molecule has 1 atom stereocenters. The van der Waals surface area contributed by atoms with Gasteiger partial charge in [-0.05, 0) is 49.4 Å². The molecule has 0 saturated carbocycles. The highest BCUT2D eigenvalue weighted by Gasteiger charge is 2.13. The Morgan fingerprint density at radius 3 is 2.30 bits per heavy atom. The van der Waals surface area contributed by atoms with E-state index in [0.717, 1.165) is 6.42 Å². The first-order chi connectivity index (χ1) is 9.51. The monoisotopic (exact) mass is 332 g/mol. The fraction of sp³-hybridized carbons (Fsp3) is 0.294. The highest BCUT2D eigenvalue weighted by Crippen LogP contribution is 2.27. The third-order valence-electron chi connectivity index (χ3n) is 3.58. The fourth-order valence-corrected chi connectivity index (χ4v) is 2.76. The van der Waals surface area contributed by atoms with Crippen LogP contribution in [0.15, 0.2) is 40.9 Å². The molecule has 0 aromatic heterocycles. The van der Waals surface area contributed by atoms with Crippen LogP contribution in [0, 0.1) is 20.8 Å². The van der Waals surface area contributed by atoms with Crippen LogP contribution in [0.25, 0.3) is 0 Å². The van der Waals surface area contributed by atoms with Crippen molar-refractivity contribution in [1.29, 1.82) is 0 Å². The predicted molar refractivity (Wildman–Crippen MR) is 88.6 cm³/mol. The second-order valence-corrected chi connectivity index (χ2v) is 6.17. The lowest BCUT2D eigenvalue weighted by Crippen LogP contribution is -2.29. The number of hydrogen-bond acceptors (Lipinski definition) is 2. The van der Waals surface area contributed by atoms with Gasteiger partial charge >= 0.3 is 0 Å². The molecule has 2 aromatic carbocycles. The Bertz CT molecular complexity index is 585. The summed E-state index contributed by atoms with van der Waals surface area (Å²) in [6.45, 7) is 6.34. The Hall–Kier alpha value is -1.16. The van der Waals surface area contributed by atoms with Crippen molar-refractivity contribution in [3.05, 3.63) is 68.7 Å². The summed E-state index contributed by atoms with van der Waals surface area (Å²) in [6, 6.07) is 13.1. The minimum absolute atomic E-state index is 0.127. The minimum atomic E-state index is 0.127. The Morgan fingerprint density at radius 2 is 1.75 bits per heavy atom. The molecule has 3 N–H and O–H groups in total. The lowest BCUT2D eigenvalue weighted by molar-refractivity contribution is 0.551. The molecule has 2 rings (SSSR count). The molecule has 2 aromatic rings. The van der Waals surface area contributed by atoms with Gasteiger partial charge in [-0.2, -0.15) is 0 Å². The maximum atomic E-state index is 5.77. The zero-order chi connectivity index (χ0) is 14.7. The Balaban J connectivity index is 2.29. The minimum Gasteiger partial charge on any atom is -0.271 e. The number of hydrazine groups is 1. The van der Waals surface area contributed by atoms with Gasteiger partial charge in [0.2, 0.25) is 0 Å². The van der Waals surface area contributed by atoms with E-state index in [4.69, 9.17) is 5.84 Å². The smallest absolute Gasteiger partial charge is 0.0500 e. The van der Waals surface area contributed by atoms with Crippen LogP contribution < -0.4 is 11.3 Å². The Kier molecular flexibility index (Phi) is 4.97. The number of halogens is 1. The summed E-state index contributed by atoms with van der Waals surface area (Å²) in [7, 11) is 0. The topological polar surface area (TPSA) is 38.0 Å². The lowest BCUT2D eigenvalue weighted by atomic mass is 9.96.